The van der Waals surface area contributed by atoms with Gasteiger partial charge in [0.15, 0.2) is 11.3 Å². The highest BCUT2D eigenvalue weighted by atomic mass is 16.6. The van der Waals surface area contributed by atoms with Crippen LogP contribution in [0.5, 0.6) is 11.5 Å². The summed E-state index contributed by atoms with van der Waals surface area (Å²) in [6, 6.07) is 31.1. The number of nitrogens with two attached hydrogens (primary N) is 1. The maximum absolute atomic E-state index is 11.8. The highest BCUT2D eigenvalue weighted by Crippen LogP contribution is 2.24. The third kappa shape index (κ3) is 16.2. The number of hydrogen-bond acceptors (Lipinski definition) is 15. The Morgan fingerprint density at radius 3 is 1.44 bits per heavy atom. The molecule has 0 radical (unpaired) electrons. The first-order valence-corrected chi connectivity index (χ1v) is 24.0. The van der Waals surface area contributed by atoms with E-state index in [1.807, 2.05) is 115 Å². The first kappa shape index (κ1) is 52.2. The van der Waals surface area contributed by atoms with E-state index in [1.54, 1.807) is 25.0 Å². The van der Waals surface area contributed by atoms with E-state index in [0.29, 0.717) is 84.9 Å². The van der Waals surface area contributed by atoms with Crippen LogP contribution in [0.4, 0.5) is 28.1 Å². The molecule has 0 bridgehead atoms. The van der Waals surface area contributed by atoms with E-state index >= 15 is 0 Å². The number of benzene rings is 4. The molecule has 0 saturated heterocycles. The van der Waals surface area contributed by atoms with Crippen LogP contribution in [0.3, 0.4) is 0 Å². The molecular weight excluding hydrogens is 933 g/mol. The molecule has 0 unspecified atom stereocenters. The molecule has 380 valence electrons. The van der Waals surface area contributed by atoms with Gasteiger partial charge in [0.05, 0.1) is 25.6 Å². The molecule has 0 aliphatic rings. The van der Waals surface area contributed by atoms with Crippen LogP contribution in [-0.4, -0.2) is 99.2 Å². The number of nitrogens with one attached hydrogen (secondary N) is 3. The summed E-state index contributed by atoms with van der Waals surface area (Å²) in [7, 11) is 0. The number of hydrogen-bond donors (Lipinski definition) is 6. The molecule has 8 aromatic rings. The average molecular weight is 993 g/mol. The lowest BCUT2D eigenvalue weighted by atomic mass is 10.1. The van der Waals surface area contributed by atoms with Crippen LogP contribution in [0.1, 0.15) is 70.4 Å². The van der Waals surface area contributed by atoms with E-state index in [0.717, 1.165) is 54.0 Å². The van der Waals surface area contributed by atoms with Gasteiger partial charge in [-0.25, -0.2) is 24.7 Å². The first-order chi connectivity index (χ1) is 35.3. The van der Waals surface area contributed by atoms with Crippen molar-refractivity contribution in [2.45, 2.75) is 77.7 Å². The lowest BCUT2D eigenvalue weighted by Crippen LogP contribution is -2.33. The number of fused-ring (bicyclic) bond motifs is 2. The van der Waals surface area contributed by atoms with Crippen molar-refractivity contribution in [3.63, 3.8) is 0 Å². The van der Waals surface area contributed by atoms with Crippen molar-refractivity contribution in [1.29, 1.82) is 0 Å². The number of carboxylic acids is 2. The minimum Gasteiger partial charge on any atom is -0.494 e. The van der Waals surface area contributed by atoms with Crippen molar-refractivity contribution < 1.29 is 38.8 Å². The summed E-state index contributed by atoms with van der Waals surface area (Å²) in [6.07, 6.45) is 11.0. The molecule has 0 aliphatic carbocycles. The second kappa shape index (κ2) is 25.5. The minimum atomic E-state index is -0.833. The summed E-state index contributed by atoms with van der Waals surface area (Å²) in [5.74, 6) is 0.620. The maximum Gasteiger partial charge on any atom is 0.407 e. The number of carbonyl (C=O) groups excluding carboxylic acids is 1. The monoisotopic (exact) mass is 992 g/mol. The number of alkyl carbamates (subject to hydrolysis) is 1. The Balaban J connectivity index is 0.000000218. The zero-order valence-electron chi connectivity index (χ0n) is 41.0. The predicted molar refractivity (Wildman–Crippen MR) is 277 cm³/mol. The fraction of sp³-hybridized carbons (Fsp3) is 0.302. The maximum atomic E-state index is 11.8. The SMILES string of the molecule is CC(C)(C)OC(=O)NCCCc1ccc(Nc2ncc3ncn(-c4ccc(OCCCC(=O)O)cc4)c3n2)cc1.NCCCc1ccc(Nc2ncc3ncn(-c4ccc(OCCCC(=O)O)cc4)c3n2)cc1. The fourth-order valence-corrected chi connectivity index (χ4v) is 7.22. The normalized spacial score (nSPS) is 11.1. The Labute approximate surface area is 422 Å². The van der Waals surface area contributed by atoms with Gasteiger partial charge in [-0.3, -0.25) is 18.7 Å². The number of nitrogens with zero attached hydrogens (tertiary/aromatic N) is 8. The minimum absolute atomic E-state index is 0.0778. The second-order valence-corrected chi connectivity index (χ2v) is 17.8. The van der Waals surface area contributed by atoms with Crippen molar-refractivity contribution in [3.05, 3.63) is 133 Å². The molecule has 0 aliphatic heterocycles. The van der Waals surface area contributed by atoms with Gasteiger partial charge in [0.25, 0.3) is 0 Å². The fourth-order valence-electron chi connectivity index (χ4n) is 7.22. The third-order valence-electron chi connectivity index (χ3n) is 10.8. The third-order valence-corrected chi connectivity index (χ3v) is 10.8. The van der Waals surface area contributed by atoms with Crippen LogP contribution in [-0.2, 0) is 27.2 Å². The van der Waals surface area contributed by atoms with Crippen LogP contribution in [0.15, 0.2) is 122 Å². The van der Waals surface area contributed by atoms with Crippen molar-refractivity contribution in [3.8, 4) is 22.9 Å². The first-order valence-electron chi connectivity index (χ1n) is 24.0. The molecule has 8 rings (SSSR count). The summed E-state index contributed by atoms with van der Waals surface area (Å²) in [5, 5.41) is 26.7. The quantitative estimate of drug-likeness (QED) is 0.0326. The number of ether oxygens (including phenoxy) is 3. The summed E-state index contributed by atoms with van der Waals surface area (Å²) in [6.45, 7) is 7.44. The number of amides is 1. The summed E-state index contributed by atoms with van der Waals surface area (Å²) in [5.41, 5.74) is 13.7. The van der Waals surface area contributed by atoms with Crippen LogP contribution in [0.2, 0.25) is 0 Å². The Morgan fingerprint density at radius 2 is 1.03 bits per heavy atom. The molecule has 0 fully saturated rings. The smallest absolute Gasteiger partial charge is 0.407 e. The van der Waals surface area contributed by atoms with Gasteiger partial charge in [-0.2, -0.15) is 9.97 Å². The van der Waals surface area contributed by atoms with Gasteiger partial charge in [-0.15, -0.1) is 0 Å². The van der Waals surface area contributed by atoms with Crippen molar-refractivity contribution in [1.82, 2.24) is 44.4 Å². The Bertz CT molecular complexity index is 3050. The van der Waals surface area contributed by atoms with E-state index in [2.05, 4.69) is 58.0 Å². The number of aryl methyl sites for hydroxylation is 2. The van der Waals surface area contributed by atoms with Gasteiger partial charge in [-0.1, -0.05) is 24.3 Å². The van der Waals surface area contributed by atoms with Gasteiger partial charge in [0.1, 0.15) is 40.8 Å². The van der Waals surface area contributed by atoms with Crippen LogP contribution < -0.4 is 31.2 Å². The zero-order valence-corrected chi connectivity index (χ0v) is 41.0. The molecule has 4 aromatic carbocycles. The highest BCUT2D eigenvalue weighted by Gasteiger charge is 2.16. The number of carbonyl (C=O) groups is 3. The van der Waals surface area contributed by atoms with Crippen LogP contribution in [0.25, 0.3) is 33.7 Å². The topological polar surface area (TPSA) is 269 Å². The molecule has 1 amide bonds. The lowest BCUT2D eigenvalue weighted by molar-refractivity contribution is -0.138. The van der Waals surface area contributed by atoms with Crippen molar-refractivity contribution in [2.24, 2.45) is 5.73 Å². The molecule has 7 N–H and O–H groups in total. The number of carboxylic acid groups (broad SMARTS) is 2. The molecule has 20 nitrogen and oxygen atoms in total. The van der Waals surface area contributed by atoms with Crippen LogP contribution >= 0.6 is 0 Å². The van der Waals surface area contributed by atoms with Gasteiger partial charge in [0.2, 0.25) is 11.9 Å². The molecule has 4 heterocycles. The summed E-state index contributed by atoms with van der Waals surface area (Å²) >= 11 is 0. The van der Waals surface area contributed by atoms with Crippen LogP contribution in [0, 0.1) is 0 Å². The molecule has 73 heavy (non-hydrogen) atoms. The summed E-state index contributed by atoms with van der Waals surface area (Å²) < 4.78 is 20.2. The number of anilines is 4. The van der Waals surface area contributed by atoms with E-state index in [4.69, 9.17) is 30.2 Å². The Kier molecular flexibility index (Phi) is 18.2. The molecule has 0 atom stereocenters. The Morgan fingerprint density at radius 1 is 0.589 bits per heavy atom. The molecule has 0 saturated carbocycles. The number of rotatable bonds is 23. The Hall–Kier alpha value is -8.65. The van der Waals surface area contributed by atoms with E-state index in [-0.39, 0.29) is 12.8 Å². The molecule has 20 heteroatoms. The van der Waals surface area contributed by atoms with Crippen molar-refractivity contribution >= 4 is 63.6 Å². The summed E-state index contributed by atoms with van der Waals surface area (Å²) in [4.78, 5) is 59.9. The standard InChI is InChI=1S/C29H34N6O5.C24H26N6O3/c1-29(2,3)40-28(38)30-16-4-6-20-8-10-21(11-9-20)33-27-31-18-24-26(34-27)35(19-32-24)22-12-14-23(15-13-22)39-17-5-7-25(36)37;25-13-1-3-17-5-7-18(8-6-17)28-24-26-15-21-23(29-24)30(16-27-21)19-9-11-20(12-10-19)33-14-2-4-22(31)32/h8-15,18-19H,4-7,16-17H2,1-3H3,(H,30,38)(H,36,37)(H,31,33,34);5-12,15-16H,1-4,13-14,25H2,(H,31,32)(H,26,28,29). The zero-order chi connectivity index (χ0) is 51.6. The number of imidazole rings is 2. The molecule has 4 aromatic heterocycles. The van der Waals surface area contributed by atoms with E-state index < -0.39 is 23.6 Å². The molecule has 0 spiro atoms. The van der Waals surface area contributed by atoms with Gasteiger partial charge >= 0.3 is 18.0 Å². The lowest BCUT2D eigenvalue weighted by Gasteiger charge is -2.19. The number of aromatic nitrogens is 8. The van der Waals surface area contributed by atoms with Gasteiger partial charge in [0, 0.05) is 42.1 Å². The largest absolute Gasteiger partial charge is 0.494 e. The second-order valence-electron chi connectivity index (χ2n) is 17.8. The molecular formula is C53H60N12O8. The van der Waals surface area contributed by atoms with Gasteiger partial charge in [-0.05, 0) is 150 Å². The van der Waals surface area contributed by atoms with E-state index in [1.165, 1.54) is 5.56 Å². The average Bonchev–Trinajstić information content (AvgIpc) is 4.00. The predicted octanol–water partition coefficient (Wildman–Crippen LogP) is 8.95. The highest BCUT2D eigenvalue weighted by molar-refractivity contribution is 5.75. The van der Waals surface area contributed by atoms with E-state index in [9.17, 15) is 14.4 Å². The number of aliphatic carboxylic acids is 2. The van der Waals surface area contributed by atoms with Gasteiger partial charge < -0.3 is 46.1 Å². The van der Waals surface area contributed by atoms with Crippen molar-refractivity contribution in [2.75, 3.05) is 36.9 Å².